The van der Waals surface area contributed by atoms with E-state index in [-0.39, 0.29) is 0 Å². The van der Waals surface area contributed by atoms with E-state index in [1.807, 2.05) is 0 Å². The Morgan fingerprint density at radius 2 is 1.06 bits per heavy atom. The lowest BCUT2D eigenvalue weighted by Crippen LogP contribution is -2.14. The monoisotopic (exact) mass is 224 g/mol. The van der Waals surface area contributed by atoms with Crippen LogP contribution >= 0.6 is 0 Å². The Kier molecular flexibility index (Phi) is 7.16. The minimum absolute atomic E-state index is 1.02. The predicted octanol–water partition coefficient (Wildman–Crippen LogP) is 5.81. The topological polar surface area (TPSA) is 0 Å². The van der Waals surface area contributed by atoms with Crippen molar-refractivity contribution in [2.45, 2.75) is 85.0 Å². The highest BCUT2D eigenvalue weighted by molar-refractivity contribution is 4.71. The maximum Gasteiger partial charge on any atom is -0.0412 e. The fourth-order valence-corrected chi connectivity index (χ4v) is 3.39. The second-order valence-electron chi connectivity index (χ2n) is 5.93. The molecule has 0 aromatic heterocycles. The first kappa shape index (κ1) is 14.1. The van der Waals surface area contributed by atoms with Gasteiger partial charge in [-0.3, -0.25) is 0 Å². The van der Waals surface area contributed by atoms with E-state index in [0.717, 1.165) is 17.8 Å². The van der Waals surface area contributed by atoms with Crippen molar-refractivity contribution in [3.05, 3.63) is 0 Å². The van der Waals surface area contributed by atoms with E-state index >= 15 is 0 Å². The Morgan fingerprint density at radius 1 is 0.625 bits per heavy atom. The number of hydrogen-bond acceptors (Lipinski definition) is 0. The first-order chi connectivity index (χ1) is 7.80. The molecule has 1 fully saturated rings. The second kappa shape index (κ2) is 8.14. The third kappa shape index (κ3) is 4.89. The summed E-state index contributed by atoms with van der Waals surface area (Å²) < 4.78 is 0. The van der Waals surface area contributed by atoms with Crippen LogP contribution in [0.2, 0.25) is 0 Å². The Morgan fingerprint density at radius 3 is 1.44 bits per heavy atom. The van der Waals surface area contributed by atoms with Crippen LogP contribution in [0.1, 0.15) is 85.0 Å². The molecule has 0 nitrogen and oxygen atoms in total. The quantitative estimate of drug-likeness (QED) is 0.567. The summed E-state index contributed by atoms with van der Waals surface area (Å²) in [5.74, 6) is 3.08. The van der Waals surface area contributed by atoms with Gasteiger partial charge in [0.15, 0.2) is 0 Å². The van der Waals surface area contributed by atoms with E-state index in [9.17, 15) is 0 Å². The van der Waals surface area contributed by atoms with E-state index in [1.54, 1.807) is 0 Å². The van der Waals surface area contributed by atoms with Crippen LogP contribution in [-0.4, -0.2) is 0 Å². The van der Waals surface area contributed by atoms with Gasteiger partial charge < -0.3 is 0 Å². The van der Waals surface area contributed by atoms with Crippen LogP contribution in [0, 0.1) is 17.8 Å². The summed E-state index contributed by atoms with van der Waals surface area (Å²) in [5.41, 5.74) is 0. The molecule has 96 valence electrons. The molecule has 16 heavy (non-hydrogen) atoms. The smallest absolute Gasteiger partial charge is 0.0412 e. The zero-order valence-corrected chi connectivity index (χ0v) is 11.8. The molecular formula is C16H32. The molecule has 0 aliphatic heterocycles. The van der Waals surface area contributed by atoms with Gasteiger partial charge in [-0.1, -0.05) is 72.1 Å². The zero-order chi connectivity index (χ0) is 11.8. The molecule has 0 amide bonds. The molecule has 2 unspecified atom stereocenters. The van der Waals surface area contributed by atoms with Crippen LogP contribution < -0.4 is 0 Å². The summed E-state index contributed by atoms with van der Waals surface area (Å²) in [4.78, 5) is 0. The van der Waals surface area contributed by atoms with Crippen LogP contribution in [0.25, 0.3) is 0 Å². The minimum Gasteiger partial charge on any atom is -0.0651 e. The van der Waals surface area contributed by atoms with E-state index in [0.29, 0.717) is 0 Å². The van der Waals surface area contributed by atoms with Gasteiger partial charge in [-0.05, 0) is 30.6 Å². The fourth-order valence-electron chi connectivity index (χ4n) is 3.39. The Hall–Kier alpha value is 0. The van der Waals surface area contributed by atoms with Crippen molar-refractivity contribution in [2.24, 2.45) is 17.8 Å². The largest absolute Gasteiger partial charge is 0.0651 e. The number of rotatable bonds is 3. The molecule has 0 saturated heterocycles. The van der Waals surface area contributed by atoms with Crippen molar-refractivity contribution in [3.8, 4) is 0 Å². The van der Waals surface area contributed by atoms with E-state index in [1.165, 1.54) is 64.2 Å². The maximum absolute atomic E-state index is 2.40. The molecule has 0 bridgehead atoms. The summed E-state index contributed by atoms with van der Waals surface area (Å²) in [6, 6.07) is 0. The van der Waals surface area contributed by atoms with Gasteiger partial charge in [0.25, 0.3) is 0 Å². The van der Waals surface area contributed by atoms with Crippen molar-refractivity contribution in [3.63, 3.8) is 0 Å². The van der Waals surface area contributed by atoms with E-state index < -0.39 is 0 Å². The van der Waals surface area contributed by atoms with E-state index in [2.05, 4.69) is 20.8 Å². The normalized spacial score (nSPS) is 33.6. The third-order valence-electron chi connectivity index (χ3n) is 4.79. The van der Waals surface area contributed by atoms with Gasteiger partial charge in [0.1, 0.15) is 0 Å². The highest BCUT2D eigenvalue weighted by Crippen LogP contribution is 2.32. The van der Waals surface area contributed by atoms with Gasteiger partial charge in [-0.2, -0.15) is 0 Å². The average Bonchev–Trinajstić information content (AvgIpc) is 2.34. The SMILES string of the molecule is CCC1CCCCCC(CC)CC(CC)C1. The molecule has 1 saturated carbocycles. The van der Waals surface area contributed by atoms with Crippen LogP contribution in [0.5, 0.6) is 0 Å². The molecule has 0 heteroatoms. The lowest BCUT2D eigenvalue weighted by Gasteiger charge is -2.27. The Labute approximate surface area is 103 Å². The molecule has 0 radical (unpaired) electrons. The third-order valence-corrected chi connectivity index (χ3v) is 4.79. The molecule has 1 aliphatic carbocycles. The average molecular weight is 224 g/mol. The van der Waals surface area contributed by atoms with Gasteiger partial charge in [0.2, 0.25) is 0 Å². The molecule has 0 aromatic rings. The zero-order valence-electron chi connectivity index (χ0n) is 11.8. The molecule has 1 aliphatic rings. The van der Waals surface area contributed by atoms with Crippen molar-refractivity contribution in [2.75, 3.05) is 0 Å². The standard InChI is InChI=1S/C16H32/c1-4-14-10-8-7-9-11-15(5-2)13-16(6-3)12-14/h14-16H,4-13H2,1-3H3. The van der Waals surface area contributed by atoms with Gasteiger partial charge in [-0.15, -0.1) is 0 Å². The van der Waals surface area contributed by atoms with Crippen LogP contribution in [-0.2, 0) is 0 Å². The first-order valence-corrected chi connectivity index (χ1v) is 7.80. The van der Waals surface area contributed by atoms with Gasteiger partial charge in [-0.25, -0.2) is 0 Å². The fraction of sp³-hybridized carbons (Fsp3) is 1.00. The van der Waals surface area contributed by atoms with Crippen LogP contribution in [0.3, 0.4) is 0 Å². The molecule has 0 aromatic carbocycles. The van der Waals surface area contributed by atoms with Crippen molar-refractivity contribution >= 4 is 0 Å². The summed E-state index contributed by atoms with van der Waals surface area (Å²) in [6.07, 6.45) is 14.7. The molecule has 0 spiro atoms. The molecule has 0 heterocycles. The first-order valence-electron chi connectivity index (χ1n) is 7.80. The van der Waals surface area contributed by atoms with Gasteiger partial charge in [0.05, 0.1) is 0 Å². The Balaban J connectivity index is 2.51. The molecule has 0 N–H and O–H groups in total. The minimum atomic E-state index is 1.02. The van der Waals surface area contributed by atoms with Gasteiger partial charge >= 0.3 is 0 Å². The molecule has 1 rings (SSSR count). The summed E-state index contributed by atoms with van der Waals surface area (Å²) in [5, 5.41) is 0. The van der Waals surface area contributed by atoms with Crippen LogP contribution in [0.15, 0.2) is 0 Å². The summed E-state index contributed by atoms with van der Waals surface area (Å²) >= 11 is 0. The molecule has 2 atom stereocenters. The van der Waals surface area contributed by atoms with Crippen molar-refractivity contribution in [1.29, 1.82) is 0 Å². The lowest BCUT2D eigenvalue weighted by atomic mass is 9.79. The van der Waals surface area contributed by atoms with Crippen molar-refractivity contribution in [1.82, 2.24) is 0 Å². The lowest BCUT2D eigenvalue weighted by molar-refractivity contribution is 0.251. The highest BCUT2D eigenvalue weighted by atomic mass is 14.2. The predicted molar refractivity (Wildman–Crippen MR) is 73.7 cm³/mol. The van der Waals surface area contributed by atoms with Gasteiger partial charge in [0, 0.05) is 0 Å². The molecular weight excluding hydrogens is 192 g/mol. The summed E-state index contributed by atoms with van der Waals surface area (Å²) in [7, 11) is 0. The number of hydrogen-bond donors (Lipinski definition) is 0. The highest BCUT2D eigenvalue weighted by Gasteiger charge is 2.19. The van der Waals surface area contributed by atoms with Crippen LogP contribution in [0.4, 0.5) is 0 Å². The summed E-state index contributed by atoms with van der Waals surface area (Å²) in [6.45, 7) is 7.18. The van der Waals surface area contributed by atoms with E-state index in [4.69, 9.17) is 0 Å². The maximum atomic E-state index is 2.40. The Bertz CT molecular complexity index is 145. The van der Waals surface area contributed by atoms with Crippen molar-refractivity contribution < 1.29 is 0 Å². The second-order valence-corrected chi connectivity index (χ2v) is 5.93.